The van der Waals surface area contributed by atoms with E-state index in [4.69, 9.17) is 23.2 Å². The van der Waals surface area contributed by atoms with Gasteiger partial charge in [0.15, 0.2) is 0 Å². The highest BCUT2D eigenvalue weighted by Crippen LogP contribution is 2.22. The van der Waals surface area contributed by atoms with Gasteiger partial charge < -0.3 is 0 Å². The predicted octanol–water partition coefficient (Wildman–Crippen LogP) is 2.42. The van der Waals surface area contributed by atoms with Gasteiger partial charge >= 0.3 is 0 Å². The molecule has 0 radical (unpaired) electrons. The van der Waals surface area contributed by atoms with Crippen molar-refractivity contribution in [2.45, 2.75) is 6.42 Å². The van der Waals surface area contributed by atoms with E-state index in [-0.39, 0.29) is 18.2 Å². The first-order valence-electron chi connectivity index (χ1n) is 4.55. The molecule has 0 unspecified atom stereocenters. The number of rotatable bonds is 1. The van der Waals surface area contributed by atoms with Gasteiger partial charge in [0.2, 0.25) is 5.91 Å². The molecule has 1 aliphatic heterocycles. The summed E-state index contributed by atoms with van der Waals surface area (Å²) in [5.41, 5.74) is 1.13. The summed E-state index contributed by atoms with van der Waals surface area (Å²) >= 11 is 11.6. The standard InChI is InChI=1S/C11H7Cl2NO2/c12-8-2-6(3-9(13)5-8)1-7-4-10(15)14-11(7)16/h1-3,5H,4H2,(H,14,15,16)/b7-1+. The highest BCUT2D eigenvalue weighted by Gasteiger charge is 2.23. The van der Waals surface area contributed by atoms with Gasteiger partial charge in [-0.05, 0) is 29.8 Å². The lowest BCUT2D eigenvalue weighted by Crippen LogP contribution is -2.19. The van der Waals surface area contributed by atoms with Crippen molar-refractivity contribution in [1.82, 2.24) is 5.32 Å². The Bertz CT molecular complexity index is 488. The van der Waals surface area contributed by atoms with Crippen molar-refractivity contribution in [3.8, 4) is 0 Å². The lowest BCUT2D eigenvalue weighted by Gasteiger charge is -1.98. The third-order valence-electron chi connectivity index (χ3n) is 2.12. The molecule has 1 heterocycles. The smallest absolute Gasteiger partial charge is 0.254 e. The van der Waals surface area contributed by atoms with E-state index < -0.39 is 0 Å². The van der Waals surface area contributed by atoms with Crippen LogP contribution in [-0.2, 0) is 9.59 Å². The molecule has 1 aromatic rings. The monoisotopic (exact) mass is 255 g/mol. The Labute approximate surface area is 102 Å². The van der Waals surface area contributed by atoms with Crippen LogP contribution in [0.25, 0.3) is 6.08 Å². The largest absolute Gasteiger partial charge is 0.292 e. The van der Waals surface area contributed by atoms with Crippen LogP contribution in [-0.4, -0.2) is 11.8 Å². The number of amides is 2. The predicted molar refractivity (Wildman–Crippen MR) is 62.2 cm³/mol. The van der Waals surface area contributed by atoms with Crippen LogP contribution < -0.4 is 5.32 Å². The maximum Gasteiger partial charge on any atom is 0.254 e. The summed E-state index contributed by atoms with van der Waals surface area (Å²) in [6.07, 6.45) is 1.71. The first-order valence-corrected chi connectivity index (χ1v) is 5.31. The van der Waals surface area contributed by atoms with E-state index in [0.29, 0.717) is 21.2 Å². The van der Waals surface area contributed by atoms with Gasteiger partial charge in [-0.3, -0.25) is 14.9 Å². The van der Waals surface area contributed by atoms with Gasteiger partial charge in [0, 0.05) is 15.6 Å². The van der Waals surface area contributed by atoms with E-state index in [1.165, 1.54) is 0 Å². The van der Waals surface area contributed by atoms with Crippen molar-refractivity contribution >= 4 is 41.1 Å². The second-order valence-electron chi connectivity index (χ2n) is 3.43. The van der Waals surface area contributed by atoms with E-state index in [0.717, 1.165) is 0 Å². The maximum absolute atomic E-state index is 11.3. The average molecular weight is 256 g/mol. The molecule has 0 saturated carbocycles. The van der Waals surface area contributed by atoms with Crippen molar-refractivity contribution < 1.29 is 9.59 Å². The summed E-state index contributed by atoms with van der Waals surface area (Å²) in [5.74, 6) is -0.648. The number of hydrogen-bond acceptors (Lipinski definition) is 2. The Balaban J connectivity index is 2.36. The Morgan fingerprint density at radius 1 is 1.12 bits per heavy atom. The normalized spacial score (nSPS) is 18.0. The molecule has 0 bridgehead atoms. The molecule has 1 aromatic carbocycles. The molecule has 2 amide bonds. The molecule has 0 spiro atoms. The van der Waals surface area contributed by atoms with E-state index in [1.54, 1.807) is 24.3 Å². The average Bonchev–Trinajstić information content (AvgIpc) is 2.43. The third-order valence-corrected chi connectivity index (χ3v) is 2.56. The molecular formula is C11H7Cl2NO2. The summed E-state index contributed by atoms with van der Waals surface area (Å²) in [6.45, 7) is 0. The zero-order chi connectivity index (χ0) is 11.7. The molecule has 0 aromatic heterocycles. The molecule has 0 aliphatic carbocycles. The first-order chi connectivity index (χ1) is 7.54. The van der Waals surface area contributed by atoms with Gasteiger partial charge in [0.1, 0.15) is 0 Å². The lowest BCUT2D eigenvalue weighted by atomic mass is 10.1. The molecule has 0 atom stereocenters. The summed E-state index contributed by atoms with van der Waals surface area (Å²) in [6, 6.07) is 4.96. The molecule has 5 heteroatoms. The number of carbonyl (C=O) groups is 2. The highest BCUT2D eigenvalue weighted by atomic mass is 35.5. The molecule has 1 aliphatic rings. The van der Waals surface area contributed by atoms with E-state index in [9.17, 15) is 9.59 Å². The van der Waals surface area contributed by atoms with Crippen LogP contribution in [0, 0.1) is 0 Å². The molecule has 2 rings (SSSR count). The van der Waals surface area contributed by atoms with Crippen LogP contribution in [0.15, 0.2) is 23.8 Å². The van der Waals surface area contributed by atoms with Crippen molar-refractivity contribution in [3.63, 3.8) is 0 Å². The van der Waals surface area contributed by atoms with Crippen LogP contribution in [0.2, 0.25) is 10.0 Å². The van der Waals surface area contributed by atoms with E-state index in [1.807, 2.05) is 0 Å². The quantitative estimate of drug-likeness (QED) is 0.619. The van der Waals surface area contributed by atoms with Crippen molar-refractivity contribution in [1.29, 1.82) is 0 Å². The number of hydrogen-bond donors (Lipinski definition) is 1. The van der Waals surface area contributed by atoms with Crippen LogP contribution in [0.5, 0.6) is 0 Å². The molecule has 1 saturated heterocycles. The SMILES string of the molecule is O=C1C/C(=C\c2cc(Cl)cc(Cl)c2)C(=O)N1. The van der Waals surface area contributed by atoms with Gasteiger partial charge in [0.25, 0.3) is 5.91 Å². The number of nitrogens with one attached hydrogen (secondary N) is 1. The number of imide groups is 1. The fourth-order valence-corrected chi connectivity index (χ4v) is 2.02. The second kappa shape index (κ2) is 4.28. The Morgan fingerprint density at radius 3 is 2.25 bits per heavy atom. The second-order valence-corrected chi connectivity index (χ2v) is 4.30. The molecule has 3 nitrogen and oxygen atoms in total. The van der Waals surface area contributed by atoms with Crippen LogP contribution >= 0.6 is 23.2 Å². The number of benzene rings is 1. The molecular weight excluding hydrogens is 249 g/mol. The maximum atomic E-state index is 11.3. The molecule has 16 heavy (non-hydrogen) atoms. The zero-order valence-corrected chi connectivity index (χ0v) is 9.60. The van der Waals surface area contributed by atoms with Crippen LogP contribution in [0.4, 0.5) is 0 Å². The minimum Gasteiger partial charge on any atom is -0.292 e. The first kappa shape index (κ1) is 11.2. The van der Waals surface area contributed by atoms with Crippen molar-refractivity contribution in [2.24, 2.45) is 0 Å². The summed E-state index contributed by atoms with van der Waals surface area (Å²) in [5, 5.41) is 3.18. The Hall–Kier alpha value is -1.32. The van der Waals surface area contributed by atoms with Crippen molar-refractivity contribution in [2.75, 3.05) is 0 Å². The van der Waals surface area contributed by atoms with Crippen LogP contribution in [0.3, 0.4) is 0 Å². The lowest BCUT2D eigenvalue weighted by molar-refractivity contribution is -0.124. The Kier molecular flexibility index (Phi) is 2.99. The fraction of sp³-hybridized carbons (Fsp3) is 0.0909. The van der Waals surface area contributed by atoms with E-state index >= 15 is 0 Å². The zero-order valence-electron chi connectivity index (χ0n) is 8.09. The minimum atomic E-state index is -0.360. The van der Waals surface area contributed by atoms with Crippen molar-refractivity contribution in [3.05, 3.63) is 39.4 Å². The minimum absolute atomic E-state index is 0.100. The molecule has 1 fully saturated rings. The number of carbonyl (C=O) groups excluding carboxylic acids is 2. The fourth-order valence-electron chi connectivity index (χ4n) is 1.48. The van der Waals surface area contributed by atoms with Crippen LogP contribution in [0.1, 0.15) is 12.0 Å². The number of halogens is 2. The van der Waals surface area contributed by atoms with Gasteiger partial charge in [0.05, 0.1) is 6.42 Å². The Morgan fingerprint density at radius 2 is 1.75 bits per heavy atom. The van der Waals surface area contributed by atoms with Gasteiger partial charge in [-0.1, -0.05) is 23.2 Å². The topological polar surface area (TPSA) is 46.2 Å². The summed E-state index contributed by atoms with van der Waals surface area (Å²) < 4.78 is 0. The van der Waals surface area contributed by atoms with Gasteiger partial charge in [-0.25, -0.2) is 0 Å². The summed E-state index contributed by atoms with van der Waals surface area (Å²) in [4.78, 5) is 22.3. The summed E-state index contributed by atoms with van der Waals surface area (Å²) in [7, 11) is 0. The molecule has 82 valence electrons. The third kappa shape index (κ3) is 2.43. The highest BCUT2D eigenvalue weighted by molar-refractivity contribution is 6.34. The van der Waals surface area contributed by atoms with Gasteiger partial charge in [-0.15, -0.1) is 0 Å². The van der Waals surface area contributed by atoms with Gasteiger partial charge in [-0.2, -0.15) is 0 Å². The van der Waals surface area contributed by atoms with E-state index in [2.05, 4.69) is 5.32 Å². The molecule has 1 N–H and O–H groups in total.